The quantitative estimate of drug-likeness (QED) is 0.422. The molecule has 1 heterocycles. The van der Waals surface area contributed by atoms with Gasteiger partial charge in [0.15, 0.2) is 34.7 Å². The fourth-order valence-corrected chi connectivity index (χ4v) is 6.95. The maximum atomic E-state index is 13.9. The first-order valence-electron chi connectivity index (χ1n) is 12.6. The maximum Gasteiger partial charge on any atom is 0.235 e. The van der Waals surface area contributed by atoms with Crippen molar-refractivity contribution in [2.75, 3.05) is 14.1 Å². The number of carbonyl (C=O) groups excluding carboxylic acids is 5. The Morgan fingerprint density at radius 2 is 1.79 bits per heavy atom. The van der Waals surface area contributed by atoms with E-state index < -0.39 is 64.4 Å². The van der Waals surface area contributed by atoms with Crippen LogP contribution in [0.2, 0.25) is 0 Å². The summed E-state index contributed by atoms with van der Waals surface area (Å²) in [6, 6.07) is 11.1. The number of aromatic hydroxyl groups is 1. The van der Waals surface area contributed by atoms with Gasteiger partial charge in [-0.1, -0.05) is 18.2 Å². The molecule has 6 unspecified atom stereocenters. The zero-order valence-electron chi connectivity index (χ0n) is 21.2. The molecule has 0 bridgehead atoms. The number of nitrogens with two attached hydrogens (primary N) is 1. The van der Waals surface area contributed by atoms with E-state index >= 15 is 0 Å². The highest BCUT2D eigenvalue weighted by atomic mass is 16.3. The Kier molecular flexibility index (Phi) is 5.43. The fourth-order valence-electron chi connectivity index (χ4n) is 6.95. The number of para-hydroxylation sites is 1. The summed E-state index contributed by atoms with van der Waals surface area (Å²) >= 11 is 0. The Bertz CT molecular complexity index is 1590. The number of nitrogens with zero attached hydrogens (tertiary/aromatic N) is 1. The molecule has 2 fully saturated rings. The summed E-state index contributed by atoms with van der Waals surface area (Å²) in [6.45, 7) is 0. The largest absolute Gasteiger partial charge is 0.507 e. The lowest BCUT2D eigenvalue weighted by Crippen LogP contribution is -2.74. The molecule has 0 aliphatic heterocycles. The summed E-state index contributed by atoms with van der Waals surface area (Å²) in [5.41, 5.74) is 4.24. The molecule has 10 heteroatoms. The average molecular weight is 531 g/mol. The molecule has 39 heavy (non-hydrogen) atoms. The van der Waals surface area contributed by atoms with Crippen LogP contribution in [0.4, 0.5) is 0 Å². The van der Waals surface area contributed by atoms with Gasteiger partial charge in [0.25, 0.3) is 0 Å². The third-order valence-corrected chi connectivity index (χ3v) is 8.64. The lowest BCUT2D eigenvalue weighted by atomic mass is 9.52. The van der Waals surface area contributed by atoms with Gasteiger partial charge in [-0.3, -0.25) is 28.9 Å². The minimum atomic E-state index is -2.75. The summed E-state index contributed by atoms with van der Waals surface area (Å²) < 4.78 is 6.03. The molecule has 4 N–H and O–H groups in total. The van der Waals surface area contributed by atoms with Crippen LogP contribution in [0.25, 0.3) is 22.3 Å². The molecule has 0 saturated heterocycles. The van der Waals surface area contributed by atoms with E-state index in [1.165, 1.54) is 11.0 Å². The van der Waals surface area contributed by atoms with Gasteiger partial charge in [0.1, 0.15) is 17.1 Å². The topological polar surface area (TPSA) is 168 Å². The van der Waals surface area contributed by atoms with E-state index in [9.17, 15) is 34.2 Å². The standard InChI is InChI=1S/C29H26N2O8/c1-31(2)23-16-10-13-9-15-14(19-11-12-5-3-4-6-18(12)39-19)7-8-17(32)21(15)24(33)20(13)26(35)29(16,38)27(36)22(25(23)34)28(30)37/h3-8,11,13,16,20,22-23,32,38H,9-10H2,1-2H3,(H2,30,37). The number of benzene rings is 2. The molecule has 1 aromatic heterocycles. The summed E-state index contributed by atoms with van der Waals surface area (Å²) in [6.07, 6.45) is 0.145. The number of furan rings is 1. The van der Waals surface area contributed by atoms with Crippen molar-refractivity contribution in [3.05, 3.63) is 53.6 Å². The van der Waals surface area contributed by atoms with Crippen LogP contribution in [0, 0.1) is 23.7 Å². The predicted octanol–water partition coefficient (Wildman–Crippen LogP) is 1.28. The van der Waals surface area contributed by atoms with Gasteiger partial charge in [-0.2, -0.15) is 0 Å². The summed E-state index contributed by atoms with van der Waals surface area (Å²) in [4.78, 5) is 67.9. The van der Waals surface area contributed by atoms with Crippen LogP contribution >= 0.6 is 0 Å². The SMILES string of the molecule is CN(C)C1C(=O)C(C(N)=O)C(=O)C2(O)C(=O)C3C(=O)c4c(O)ccc(-c5cc6ccccc6o5)c4CC3CC12. The average Bonchev–Trinajstić information content (AvgIpc) is 3.30. The molecule has 200 valence electrons. The first-order valence-corrected chi connectivity index (χ1v) is 12.6. The number of ketones is 4. The van der Waals surface area contributed by atoms with Crippen molar-refractivity contribution >= 4 is 40.0 Å². The van der Waals surface area contributed by atoms with Gasteiger partial charge in [-0.25, -0.2) is 0 Å². The minimum absolute atomic E-state index is 0.0148. The second-order valence-corrected chi connectivity index (χ2v) is 10.9. The normalized spacial score (nSPS) is 30.3. The third-order valence-electron chi connectivity index (χ3n) is 8.64. The molecule has 6 rings (SSSR count). The van der Waals surface area contributed by atoms with E-state index in [-0.39, 0.29) is 24.2 Å². The molecule has 0 spiro atoms. The zero-order chi connectivity index (χ0) is 28.0. The fraction of sp³-hybridized carbons (Fsp3) is 0.345. The van der Waals surface area contributed by atoms with E-state index in [1.807, 2.05) is 30.3 Å². The van der Waals surface area contributed by atoms with Crippen LogP contribution in [-0.2, 0) is 25.6 Å². The van der Waals surface area contributed by atoms with E-state index in [4.69, 9.17) is 10.2 Å². The Morgan fingerprint density at radius 1 is 1.08 bits per heavy atom. The van der Waals surface area contributed by atoms with Gasteiger partial charge in [0.05, 0.1) is 17.5 Å². The number of aliphatic hydroxyl groups is 1. The number of primary amides is 1. The van der Waals surface area contributed by atoms with Crippen LogP contribution < -0.4 is 5.73 Å². The van der Waals surface area contributed by atoms with Gasteiger partial charge in [-0.05, 0) is 62.7 Å². The van der Waals surface area contributed by atoms with Crippen LogP contribution in [0.3, 0.4) is 0 Å². The second kappa shape index (κ2) is 8.42. The van der Waals surface area contributed by atoms with Gasteiger partial charge in [0.2, 0.25) is 5.91 Å². The maximum absolute atomic E-state index is 13.9. The summed E-state index contributed by atoms with van der Waals surface area (Å²) in [5, 5.41) is 23.2. The second-order valence-electron chi connectivity index (χ2n) is 10.9. The Balaban J connectivity index is 1.49. The van der Waals surface area contributed by atoms with Crippen molar-refractivity contribution in [3.63, 3.8) is 0 Å². The van der Waals surface area contributed by atoms with Crippen molar-refractivity contribution in [1.82, 2.24) is 4.90 Å². The van der Waals surface area contributed by atoms with E-state index in [2.05, 4.69) is 0 Å². The first kappa shape index (κ1) is 25.1. The lowest BCUT2D eigenvalue weighted by Gasteiger charge is -2.52. The van der Waals surface area contributed by atoms with Crippen LogP contribution in [-0.4, -0.2) is 69.9 Å². The van der Waals surface area contributed by atoms with Crippen molar-refractivity contribution in [3.8, 4) is 17.1 Å². The highest BCUT2D eigenvalue weighted by Crippen LogP contribution is 2.52. The smallest absolute Gasteiger partial charge is 0.235 e. The Labute approximate surface area is 222 Å². The van der Waals surface area contributed by atoms with Gasteiger partial charge in [-0.15, -0.1) is 0 Å². The zero-order valence-corrected chi connectivity index (χ0v) is 21.2. The van der Waals surface area contributed by atoms with E-state index in [0.29, 0.717) is 22.5 Å². The number of hydrogen-bond donors (Lipinski definition) is 3. The van der Waals surface area contributed by atoms with Crippen LogP contribution in [0.1, 0.15) is 22.3 Å². The van der Waals surface area contributed by atoms with Crippen molar-refractivity contribution in [2.24, 2.45) is 29.4 Å². The number of Topliss-reactive ketones (excluding diaryl/α,β-unsaturated/α-hetero) is 4. The molecule has 0 radical (unpaired) electrons. The number of fused-ring (bicyclic) bond motifs is 4. The number of rotatable bonds is 3. The molecule has 2 saturated carbocycles. The number of phenols is 1. The molecular weight excluding hydrogens is 504 g/mol. The number of amides is 1. The highest BCUT2D eigenvalue weighted by molar-refractivity contribution is 6.32. The molecule has 10 nitrogen and oxygen atoms in total. The lowest BCUT2D eigenvalue weighted by molar-refractivity contribution is -0.181. The van der Waals surface area contributed by atoms with Crippen LogP contribution in [0.5, 0.6) is 5.75 Å². The minimum Gasteiger partial charge on any atom is -0.507 e. The van der Waals surface area contributed by atoms with Gasteiger partial charge >= 0.3 is 0 Å². The predicted molar refractivity (Wildman–Crippen MR) is 137 cm³/mol. The molecule has 3 aliphatic carbocycles. The summed E-state index contributed by atoms with van der Waals surface area (Å²) in [7, 11) is 3.10. The molecular formula is C29H26N2O8. The van der Waals surface area contributed by atoms with Crippen molar-refractivity contribution < 1.29 is 38.6 Å². The van der Waals surface area contributed by atoms with Gasteiger partial charge < -0.3 is 20.4 Å². The van der Waals surface area contributed by atoms with E-state index in [1.54, 1.807) is 20.2 Å². The molecule has 1 amide bonds. The van der Waals surface area contributed by atoms with Crippen molar-refractivity contribution in [2.45, 2.75) is 24.5 Å². The number of phenolic OH excluding ortho intramolecular Hbond substituents is 1. The van der Waals surface area contributed by atoms with Crippen LogP contribution in [0.15, 0.2) is 46.9 Å². The number of carbonyl (C=O) groups is 5. The molecule has 3 aliphatic rings. The Morgan fingerprint density at radius 3 is 2.46 bits per heavy atom. The summed E-state index contributed by atoms with van der Waals surface area (Å²) in [5.74, 6) is -10.3. The van der Waals surface area contributed by atoms with E-state index in [0.717, 1.165) is 5.39 Å². The van der Waals surface area contributed by atoms with Gasteiger partial charge in [0, 0.05) is 16.9 Å². The Hall–Kier alpha value is -4.15. The monoisotopic (exact) mass is 530 g/mol. The third kappa shape index (κ3) is 3.31. The molecule has 2 aromatic carbocycles. The van der Waals surface area contributed by atoms with Crippen molar-refractivity contribution in [1.29, 1.82) is 0 Å². The highest BCUT2D eigenvalue weighted by Gasteiger charge is 2.69. The number of likely N-dealkylation sites (N-methyl/N-ethyl adjacent to an activating group) is 1. The first-order chi connectivity index (χ1) is 18.5. The molecule has 3 aromatic rings. The molecule has 6 atom stereocenters. The number of hydrogen-bond acceptors (Lipinski definition) is 9.